The number of phenols is 1. The molecular weight excluding hydrogens is 238 g/mol. The smallest absolute Gasteiger partial charge is 0.175 e. The Morgan fingerprint density at radius 3 is 2.35 bits per heavy atom. The number of benzene rings is 1. The van der Waals surface area contributed by atoms with Gasteiger partial charge in [0, 0.05) is 17.4 Å². The van der Waals surface area contributed by atoms with E-state index in [1.807, 2.05) is 0 Å². The van der Waals surface area contributed by atoms with E-state index in [4.69, 9.17) is 5.73 Å². The maximum Gasteiger partial charge on any atom is 0.175 e. The van der Waals surface area contributed by atoms with E-state index >= 15 is 0 Å². The van der Waals surface area contributed by atoms with Gasteiger partial charge < -0.3 is 10.8 Å². The zero-order chi connectivity index (χ0) is 12.7. The van der Waals surface area contributed by atoms with Gasteiger partial charge in [-0.05, 0) is 25.0 Å². The molecule has 0 spiro atoms. The Kier molecular flexibility index (Phi) is 2.91. The topological polar surface area (TPSA) is 80.4 Å². The minimum atomic E-state index is -3.29. The van der Waals surface area contributed by atoms with Gasteiger partial charge in [-0.15, -0.1) is 0 Å². The first kappa shape index (κ1) is 12.4. The average Bonchev–Trinajstić information content (AvgIpc) is 2.64. The van der Waals surface area contributed by atoms with Gasteiger partial charge in [0.1, 0.15) is 5.75 Å². The molecule has 1 aromatic carbocycles. The highest BCUT2D eigenvalue weighted by atomic mass is 32.2. The van der Waals surface area contributed by atoms with Crippen LogP contribution in [-0.4, -0.2) is 19.8 Å². The molecular formula is C12H17NO3S. The fourth-order valence-corrected chi connectivity index (χ4v) is 3.08. The Morgan fingerprint density at radius 1 is 1.29 bits per heavy atom. The summed E-state index contributed by atoms with van der Waals surface area (Å²) < 4.78 is 22.7. The zero-order valence-corrected chi connectivity index (χ0v) is 10.6. The SMILES string of the molecule is CS(=O)(=O)c1ccc(C2(N)CCCC2)c(O)c1. The minimum Gasteiger partial charge on any atom is -0.508 e. The molecule has 0 unspecified atom stereocenters. The van der Waals surface area contributed by atoms with Crippen LogP contribution in [0.4, 0.5) is 0 Å². The van der Waals surface area contributed by atoms with Crippen LogP contribution in [0.3, 0.4) is 0 Å². The van der Waals surface area contributed by atoms with Gasteiger partial charge in [-0.2, -0.15) is 0 Å². The largest absolute Gasteiger partial charge is 0.508 e. The van der Waals surface area contributed by atoms with Crippen molar-refractivity contribution in [3.63, 3.8) is 0 Å². The summed E-state index contributed by atoms with van der Waals surface area (Å²) in [6.45, 7) is 0. The van der Waals surface area contributed by atoms with Gasteiger partial charge in [-0.25, -0.2) is 8.42 Å². The molecule has 1 aromatic rings. The monoisotopic (exact) mass is 255 g/mol. The Hall–Kier alpha value is -1.07. The highest BCUT2D eigenvalue weighted by Gasteiger charge is 2.33. The summed E-state index contributed by atoms with van der Waals surface area (Å²) in [6.07, 6.45) is 4.88. The fraction of sp³-hybridized carbons (Fsp3) is 0.500. The molecule has 1 fully saturated rings. The zero-order valence-electron chi connectivity index (χ0n) is 9.81. The first-order valence-electron chi connectivity index (χ1n) is 5.65. The molecule has 2 rings (SSSR count). The summed E-state index contributed by atoms with van der Waals surface area (Å²) >= 11 is 0. The molecule has 1 saturated carbocycles. The predicted molar refractivity (Wildman–Crippen MR) is 65.6 cm³/mol. The standard InChI is InChI=1S/C12H17NO3S/c1-17(15,16)9-4-5-10(11(14)8-9)12(13)6-2-3-7-12/h4-5,8,14H,2-3,6-7,13H2,1H3. The van der Waals surface area contributed by atoms with Crippen LogP contribution in [0.1, 0.15) is 31.2 Å². The second-order valence-electron chi connectivity index (χ2n) is 4.81. The quantitative estimate of drug-likeness (QED) is 0.839. The maximum atomic E-state index is 11.4. The summed E-state index contributed by atoms with van der Waals surface area (Å²) in [5.41, 5.74) is 6.39. The predicted octanol–water partition coefficient (Wildman–Crippen LogP) is 1.52. The molecule has 4 nitrogen and oxygen atoms in total. The molecule has 17 heavy (non-hydrogen) atoms. The number of hydrogen-bond acceptors (Lipinski definition) is 4. The van der Waals surface area contributed by atoms with E-state index in [9.17, 15) is 13.5 Å². The molecule has 0 heterocycles. The molecule has 0 aliphatic heterocycles. The summed E-state index contributed by atoms with van der Waals surface area (Å²) in [5.74, 6) is -0.0164. The Morgan fingerprint density at radius 2 is 1.88 bits per heavy atom. The number of sulfone groups is 1. The molecule has 94 valence electrons. The van der Waals surface area contributed by atoms with Gasteiger partial charge in [0.25, 0.3) is 0 Å². The molecule has 0 saturated heterocycles. The Balaban J connectivity index is 2.45. The lowest BCUT2D eigenvalue weighted by Crippen LogP contribution is -2.33. The highest BCUT2D eigenvalue weighted by molar-refractivity contribution is 7.90. The van der Waals surface area contributed by atoms with Crippen molar-refractivity contribution in [3.05, 3.63) is 23.8 Å². The van der Waals surface area contributed by atoms with E-state index in [0.717, 1.165) is 31.9 Å². The van der Waals surface area contributed by atoms with Crippen molar-refractivity contribution >= 4 is 9.84 Å². The van der Waals surface area contributed by atoms with Gasteiger partial charge in [-0.3, -0.25) is 0 Å². The van der Waals surface area contributed by atoms with Gasteiger partial charge in [0.05, 0.1) is 4.90 Å². The van der Waals surface area contributed by atoms with Crippen LogP contribution in [0.2, 0.25) is 0 Å². The molecule has 0 atom stereocenters. The molecule has 0 bridgehead atoms. The fourth-order valence-electron chi connectivity index (χ4n) is 2.44. The normalized spacial score (nSPS) is 19.4. The van der Waals surface area contributed by atoms with Crippen molar-refractivity contribution in [2.24, 2.45) is 5.73 Å². The molecule has 5 heteroatoms. The third-order valence-electron chi connectivity index (χ3n) is 3.43. The van der Waals surface area contributed by atoms with Crippen LogP contribution >= 0.6 is 0 Å². The number of nitrogens with two attached hydrogens (primary N) is 1. The summed E-state index contributed by atoms with van der Waals surface area (Å²) in [5, 5.41) is 9.94. The number of hydrogen-bond donors (Lipinski definition) is 2. The molecule has 0 amide bonds. The Bertz CT molecular complexity index is 531. The summed E-state index contributed by atoms with van der Waals surface area (Å²) in [6, 6.07) is 4.44. The van der Waals surface area contributed by atoms with Crippen LogP contribution in [-0.2, 0) is 15.4 Å². The number of aromatic hydroxyl groups is 1. The first-order chi connectivity index (χ1) is 7.83. The molecule has 0 radical (unpaired) electrons. The van der Waals surface area contributed by atoms with Gasteiger partial charge >= 0.3 is 0 Å². The average molecular weight is 255 g/mol. The van der Waals surface area contributed by atoms with Crippen molar-refractivity contribution in [2.75, 3.05) is 6.26 Å². The van der Waals surface area contributed by atoms with Crippen molar-refractivity contribution in [2.45, 2.75) is 36.1 Å². The second-order valence-corrected chi connectivity index (χ2v) is 6.83. The van der Waals surface area contributed by atoms with E-state index < -0.39 is 15.4 Å². The van der Waals surface area contributed by atoms with E-state index in [1.165, 1.54) is 12.1 Å². The van der Waals surface area contributed by atoms with Crippen molar-refractivity contribution in [1.82, 2.24) is 0 Å². The molecule has 1 aliphatic rings. The third kappa shape index (κ3) is 2.30. The summed E-state index contributed by atoms with van der Waals surface area (Å²) in [4.78, 5) is 0.125. The minimum absolute atomic E-state index is 0.0164. The maximum absolute atomic E-state index is 11.4. The van der Waals surface area contributed by atoms with Crippen molar-refractivity contribution in [1.29, 1.82) is 0 Å². The number of rotatable bonds is 2. The van der Waals surface area contributed by atoms with Gasteiger partial charge in [0.15, 0.2) is 9.84 Å². The lowest BCUT2D eigenvalue weighted by molar-refractivity contribution is 0.408. The molecule has 0 aromatic heterocycles. The van der Waals surface area contributed by atoms with Gasteiger partial charge in [-0.1, -0.05) is 18.9 Å². The van der Waals surface area contributed by atoms with E-state index in [2.05, 4.69) is 0 Å². The summed E-state index contributed by atoms with van der Waals surface area (Å²) in [7, 11) is -3.29. The van der Waals surface area contributed by atoms with Crippen LogP contribution in [0, 0.1) is 0 Å². The second kappa shape index (κ2) is 3.99. The van der Waals surface area contributed by atoms with Crippen molar-refractivity contribution in [3.8, 4) is 5.75 Å². The van der Waals surface area contributed by atoms with Crippen LogP contribution in [0.15, 0.2) is 23.1 Å². The van der Waals surface area contributed by atoms with Crippen LogP contribution < -0.4 is 5.73 Å². The van der Waals surface area contributed by atoms with E-state index in [1.54, 1.807) is 6.07 Å². The molecule has 3 N–H and O–H groups in total. The first-order valence-corrected chi connectivity index (χ1v) is 7.54. The van der Waals surface area contributed by atoms with Gasteiger partial charge in [0.2, 0.25) is 0 Å². The van der Waals surface area contributed by atoms with Crippen LogP contribution in [0.5, 0.6) is 5.75 Å². The van der Waals surface area contributed by atoms with Crippen molar-refractivity contribution < 1.29 is 13.5 Å². The molecule has 1 aliphatic carbocycles. The lowest BCUT2D eigenvalue weighted by atomic mass is 9.89. The van der Waals surface area contributed by atoms with E-state index in [-0.39, 0.29) is 10.6 Å². The number of phenolic OH excluding ortho intramolecular Hbond substituents is 1. The lowest BCUT2D eigenvalue weighted by Gasteiger charge is -2.25. The highest BCUT2D eigenvalue weighted by Crippen LogP contribution is 2.40. The third-order valence-corrected chi connectivity index (χ3v) is 4.54. The van der Waals surface area contributed by atoms with E-state index in [0.29, 0.717) is 5.56 Å². The van der Waals surface area contributed by atoms with Crippen LogP contribution in [0.25, 0.3) is 0 Å². The Labute approximate surface area is 101 Å².